The molecule has 0 bridgehead atoms. The Labute approximate surface area is 279 Å². The van der Waals surface area contributed by atoms with Crippen molar-refractivity contribution in [2.45, 2.75) is 11.5 Å². The smallest absolute Gasteiger partial charge is 0.135 e. The number of aliphatic imine (C=N–C) groups is 1. The third-order valence-electron chi connectivity index (χ3n) is 10.2. The van der Waals surface area contributed by atoms with Crippen molar-refractivity contribution < 1.29 is 4.74 Å². The molecule has 1 spiro atoms. The van der Waals surface area contributed by atoms with Crippen LogP contribution in [0.3, 0.4) is 0 Å². The highest BCUT2D eigenvalue weighted by Crippen LogP contribution is 2.62. The monoisotopic (exact) mass is 614 g/mol. The molecule has 3 aliphatic rings. The van der Waals surface area contributed by atoms with Gasteiger partial charge in [0.05, 0.1) is 17.1 Å². The van der Waals surface area contributed by atoms with Crippen LogP contribution in [0.4, 0.5) is 5.69 Å². The van der Waals surface area contributed by atoms with Gasteiger partial charge >= 0.3 is 0 Å². The molecule has 7 aromatic rings. The van der Waals surface area contributed by atoms with Crippen LogP contribution >= 0.6 is 0 Å². The zero-order chi connectivity index (χ0) is 31.7. The molecular formula is C45H30N2O. The first-order valence-electron chi connectivity index (χ1n) is 16.5. The van der Waals surface area contributed by atoms with E-state index >= 15 is 0 Å². The van der Waals surface area contributed by atoms with Crippen LogP contribution in [-0.4, -0.2) is 5.84 Å². The second-order valence-electron chi connectivity index (χ2n) is 12.7. The molecule has 0 saturated heterocycles. The van der Waals surface area contributed by atoms with Crippen molar-refractivity contribution in [1.29, 1.82) is 0 Å². The van der Waals surface area contributed by atoms with E-state index in [9.17, 15) is 0 Å². The molecule has 0 radical (unpaired) electrons. The summed E-state index contributed by atoms with van der Waals surface area (Å²) in [4.78, 5) is 5.31. The van der Waals surface area contributed by atoms with Crippen molar-refractivity contribution in [3.05, 3.63) is 209 Å². The van der Waals surface area contributed by atoms with E-state index in [0.717, 1.165) is 39.7 Å². The fraction of sp³-hybridized carbons (Fsp3) is 0.0444. The zero-order valence-electron chi connectivity index (χ0n) is 26.1. The van der Waals surface area contributed by atoms with Gasteiger partial charge in [-0.1, -0.05) is 152 Å². The molecule has 2 aliphatic heterocycles. The molecule has 0 saturated carbocycles. The number of amidine groups is 1. The third kappa shape index (κ3) is 3.79. The summed E-state index contributed by atoms with van der Waals surface area (Å²) >= 11 is 0. The minimum Gasteiger partial charge on any atom is -0.457 e. The van der Waals surface area contributed by atoms with Crippen LogP contribution in [0.1, 0.15) is 45.0 Å². The molecule has 1 unspecified atom stereocenters. The van der Waals surface area contributed by atoms with E-state index in [1.54, 1.807) is 0 Å². The van der Waals surface area contributed by atoms with E-state index in [0.29, 0.717) is 0 Å². The minimum atomic E-state index is -0.521. The molecule has 0 amide bonds. The quantitative estimate of drug-likeness (QED) is 0.215. The molecule has 10 rings (SSSR count). The summed E-state index contributed by atoms with van der Waals surface area (Å²) in [5, 5.41) is 3.92. The lowest BCUT2D eigenvalue weighted by Gasteiger charge is -2.39. The second-order valence-corrected chi connectivity index (χ2v) is 12.7. The van der Waals surface area contributed by atoms with Crippen molar-refractivity contribution in [1.82, 2.24) is 5.32 Å². The van der Waals surface area contributed by atoms with Gasteiger partial charge in [-0.15, -0.1) is 0 Å². The van der Waals surface area contributed by atoms with Gasteiger partial charge in [-0.25, -0.2) is 4.99 Å². The summed E-state index contributed by atoms with van der Waals surface area (Å²) in [5.74, 6) is 2.67. The lowest BCUT2D eigenvalue weighted by Crippen LogP contribution is -2.34. The van der Waals surface area contributed by atoms with Crippen molar-refractivity contribution >= 4 is 11.5 Å². The lowest BCUT2D eigenvalue weighted by molar-refractivity contribution is 0.436. The van der Waals surface area contributed by atoms with Gasteiger partial charge in [0.15, 0.2) is 0 Å². The van der Waals surface area contributed by atoms with Crippen molar-refractivity contribution in [3.63, 3.8) is 0 Å². The molecule has 0 aromatic heterocycles. The number of hydrogen-bond donors (Lipinski definition) is 1. The Morgan fingerprint density at radius 1 is 0.479 bits per heavy atom. The highest BCUT2D eigenvalue weighted by Gasteiger charge is 2.51. The van der Waals surface area contributed by atoms with E-state index < -0.39 is 5.41 Å². The Morgan fingerprint density at radius 2 is 1.06 bits per heavy atom. The van der Waals surface area contributed by atoms with E-state index in [-0.39, 0.29) is 6.04 Å². The van der Waals surface area contributed by atoms with E-state index in [1.807, 2.05) is 0 Å². The number of rotatable bonds is 3. The number of benzene rings is 7. The van der Waals surface area contributed by atoms with Gasteiger partial charge in [-0.2, -0.15) is 0 Å². The predicted octanol–water partition coefficient (Wildman–Crippen LogP) is 10.6. The Bertz CT molecular complexity index is 2360. The molecule has 0 fully saturated rings. The molecular weight excluding hydrogens is 585 g/mol. The SMILES string of the molecule is c1ccc(-c2ccc(C3NC(c4cccc5c4-c4ccccc4C54c5ccccc5Oc5ccccc54)=Nc4ccccc43)cc2)cc1. The van der Waals surface area contributed by atoms with Gasteiger partial charge < -0.3 is 10.1 Å². The molecule has 48 heavy (non-hydrogen) atoms. The van der Waals surface area contributed by atoms with E-state index in [2.05, 4.69) is 175 Å². The summed E-state index contributed by atoms with van der Waals surface area (Å²) in [6.45, 7) is 0. The molecule has 1 N–H and O–H groups in total. The van der Waals surface area contributed by atoms with Crippen LogP contribution in [0.25, 0.3) is 22.3 Å². The first-order chi connectivity index (χ1) is 23.8. The van der Waals surface area contributed by atoms with Gasteiger partial charge in [-0.05, 0) is 57.1 Å². The van der Waals surface area contributed by atoms with Crippen molar-refractivity contribution in [3.8, 4) is 33.8 Å². The zero-order valence-corrected chi connectivity index (χ0v) is 26.1. The van der Waals surface area contributed by atoms with Crippen LogP contribution in [-0.2, 0) is 5.41 Å². The Morgan fingerprint density at radius 3 is 1.83 bits per heavy atom. The van der Waals surface area contributed by atoms with Crippen LogP contribution in [0.2, 0.25) is 0 Å². The van der Waals surface area contributed by atoms with Crippen molar-refractivity contribution in [2.75, 3.05) is 0 Å². The Hall–Kier alpha value is -6.19. The van der Waals surface area contributed by atoms with Gasteiger partial charge in [0.1, 0.15) is 17.3 Å². The third-order valence-corrected chi connectivity index (χ3v) is 10.2. The first-order valence-corrected chi connectivity index (χ1v) is 16.5. The Balaban J connectivity index is 1.17. The second kappa shape index (κ2) is 10.4. The topological polar surface area (TPSA) is 33.6 Å². The summed E-state index contributed by atoms with van der Waals surface area (Å²) in [6, 6.07) is 60.5. The van der Waals surface area contributed by atoms with Crippen molar-refractivity contribution in [2.24, 2.45) is 4.99 Å². The predicted molar refractivity (Wildman–Crippen MR) is 193 cm³/mol. The number of ether oxygens (including phenoxy) is 1. The summed E-state index contributed by atoms with van der Waals surface area (Å²) < 4.78 is 6.54. The fourth-order valence-corrected chi connectivity index (χ4v) is 8.20. The summed E-state index contributed by atoms with van der Waals surface area (Å²) in [7, 11) is 0. The molecule has 7 aromatic carbocycles. The van der Waals surface area contributed by atoms with Crippen LogP contribution < -0.4 is 10.1 Å². The van der Waals surface area contributed by atoms with Crippen LogP contribution in [0.5, 0.6) is 11.5 Å². The number of fused-ring (bicyclic) bond motifs is 10. The van der Waals surface area contributed by atoms with Gasteiger partial charge in [-0.3, -0.25) is 0 Å². The minimum absolute atomic E-state index is 0.0514. The summed E-state index contributed by atoms with van der Waals surface area (Å²) in [5.41, 5.74) is 13.6. The average Bonchev–Trinajstić information content (AvgIpc) is 3.46. The molecule has 3 nitrogen and oxygen atoms in total. The van der Waals surface area contributed by atoms with Crippen LogP contribution in [0, 0.1) is 0 Å². The maximum atomic E-state index is 6.54. The van der Waals surface area contributed by atoms with Gasteiger partial charge in [0.2, 0.25) is 0 Å². The standard InChI is InChI=1S/C45H30N2O/c1-2-13-29(14-3-1)30-25-27-31(28-26-30)43-33-16-5-9-22-39(33)46-44(47-43)34-17-12-21-38-42(34)32-15-4-6-18-35(32)45(38)36-19-7-10-23-40(36)48-41-24-11-8-20-37(41)45/h1-28,43H,(H,46,47). The number of hydrogen-bond acceptors (Lipinski definition) is 3. The number of nitrogens with one attached hydrogen (secondary N) is 1. The van der Waals surface area contributed by atoms with Gasteiger partial charge in [0.25, 0.3) is 0 Å². The molecule has 226 valence electrons. The highest BCUT2D eigenvalue weighted by atomic mass is 16.5. The molecule has 1 aliphatic carbocycles. The van der Waals surface area contributed by atoms with E-state index in [1.165, 1.54) is 44.5 Å². The average molecular weight is 615 g/mol. The molecule has 1 atom stereocenters. The largest absolute Gasteiger partial charge is 0.457 e. The molecule has 3 heteroatoms. The van der Waals surface area contributed by atoms with Gasteiger partial charge in [0, 0.05) is 22.3 Å². The maximum absolute atomic E-state index is 6.54. The van der Waals surface area contributed by atoms with Crippen LogP contribution in [0.15, 0.2) is 175 Å². The highest BCUT2D eigenvalue weighted by molar-refractivity contribution is 6.10. The normalized spacial score (nSPS) is 15.9. The Kier molecular flexibility index (Phi) is 5.85. The first kappa shape index (κ1) is 27.0. The molecule has 2 heterocycles. The fourth-order valence-electron chi connectivity index (χ4n) is 8.20. The summed E-state index contributed by atoms with van der Waals surface area (Å²) in [6.07, 6.45) is 0. The maximum Gasteiger partial charge on any atom is 0.135 e. The number of nitrogens with zero attached hydrogens (tertiary/aromatic N) is 1. The number of para-hydroxylation sites is 3. The lowest BCUT2D eigenvalue weighted by atomic mass is 9.66. The van der Waals surface area contributed by atoms with E-state index in [4.69, 9.17) is 9.73 Å².